The van der Waals surface area contributed by atoms with E-state index in [1.807, 2.05) is 6.07 Å². The second-order valence-electron chi connectivity index (χ2n) is 5.50. The van der Waals surface area contributed by atoms with Crippen LogP contribution < -0.4 is 5.73 Å². The average molecular weight is 262 g/mol. The van der Waals surface area contributed by atoms with Gasteiger partial charge in [0.05, 0.1) is 6.61 Å². The van der Waals surface area contributed by atoms with E-state index < -0.39 is 0 Å². The van der Waals surface area contributed by atoms with Crippen LogP contribution in [0.25, 0.3) is 0 Å². The summed E-state index contributed by atoms with van der Waals surface area (Å²) in [5.74, 6) is 0.369. The largest absolute Gasteiger partial charge is 0.395 e. The summed E-state index contributed by atoms with van der Waals surface area (Å²) in [6.07, 6.45) is 5.19. The molecular weight excluding hydrogens is 236 g/mol. The Morgan fingerprint density at radius 2 is 1.89 bits per heavy atom. The summed E-state index contributed by atoms with van der Waals surface area (Å²) >= 11 is 0. The SMILES string of the molecule is NCC(CN(CCO)C1CCCC1)c1ccccc1. The smallest absolute Gasteiger partial charge is 0.0558 e. The Balaban J connectivity index is 2.01. The molecule has 19 heavy (non-hydrogen) atoms. The lowest BCUT2D eigenvalue weighted by Crippen LogP contribution is -2.40. The normalized spacial score (nSPS) is 18.1. The molecule has 3 nitrogen and oxygen atoms in total. The van der Waals surface area contributed by atoms with E-state index in [0.717, 1.165) is 13.1 Å². The minimum absolute atomic E-state index is 0.239. The molecule has 1 aliphatic carbocycles. The molecule has 0 aliphatic heterocycles. The molecule has 0 amide bonds. The molecule has 1 aromatic carbocycles. The number of hydrogen-bond acceptors (Lipinski definition) is 3. The highest BCUT2D eigenvalue weighted by Crippen LogP contribution is 2.26. The number of aliphatic hydroxyl groups excluding tert-OH is 1. The first-order chi connectivity index (χ1) is 9.35. The number of rotatable bonds is 7. The molecule has 0 heterocycles. The maximum absolute atomic E-state index is 9.28. The molecule has 106 valence electrons. The molecule has 1 fully saturated rings. The molecule has 3 heteroatoms. The van der Waals surface area contributed by atoms with Crippen LogP contribution in [0.1, 0.15) is 37.2 Å². The van der Waals surface area contributed by atoms with Crippen molar-refractivity contribution in [2.24, 2.45) is 5.73 Å². The van der Waals surface area contributed by atoms with Crippen molar-refractivity contribution in [2.45, 2.75) is 37.6 Å². The van der Waals surface area contributed by atoms with Crippen molar-refractivity contribution in [1.29, 1.82) is 0 Å². The predicted molar refractivity (Wildman–Crippen MR) is 79.2 cm³/mol. The fraction of sp³-hybridized carbons (Fsp3) is 0.625. The fourth-order valence-corrected chi connectivity index (χ4v) is 3.15. The lowest BCUT2D eigenvalue weighted by molar-refractivity contribution is 0.144. The monoisotopic (exact) mass is 262 g/mol. The molecule has 0 bridgehead atoms. The summed E-state index contributed by atoms with van der Waals surface area (Å²) in [5.41, 5.74) is 7.27. The summed E-state index contributed by atoms with van der Waals surface area (Å²) in [4.78, 5) is 2.44. The van der Waals surface area contributed by atoms with Crippen molar-refractivity contribution in [2.75, 3.05) is 26.2 Å². The zero-order chi connectivity index (χ0) is 13.5. The maximum atomic E-state index is 9.28. The van der Waals surface area contributed by atoms with Crippen LogP contribution in [0.3, 0.4) is 0 Å². The molecule has 3 N–H and O–H groups in total. The first kappa shape index (κ1) is 14.5. The second-order valence-corrected chi connectivity index (χ2v) is 5.50. The molecule has 2 rings (SSSR count). The lowest BCUT2D eigenvalue weighted by Gasteiger charge is -2.31. The van der Waals surface area contributed by atoms with Crippen LogP contribution in [0.15, 0.2) is 30.3 Å². The molecule has 0 spiro atoms. The third-order valence-corrected chi connectivity index (χ3v) is 4.24. The third-order valence-electron chi connectivity index (χ3n) is 4.24. The second kappa shape index (κ2) is 7.63. The highest BCUT2D eigenvalue weighted by Gasteiger charge is 2.24. The summed E-state index contributed by atoms with van der Waals surface area (Å²) in [7, 11) is 0. The van der Waals surface area contributed by atoms with Gasteiger partial charge in [0.2, 0.25) is 0 Å². The van der Waals surface area contributed by atoms with Gasteiger partial charge >= 0.3 is 0 Å². The minimum Gasteiger partial charge on any atom is -0.395 e. The van der Waals surface area contributed by atoms with E-state index in [1.165, 1.54) is 31.2 Å². The van der Waals surface area contributed by atoms with Crippen molar-refractivity contribution >= 4 is 0 Å². The van der Waals surface area contributed by atoms with Crippen LogP contribution in [0.5, 0.6) is 0 Å². The van der Waals surface area contributed by atoms with Crippen molar-refractivity contribution < 1.29 is 5.11 Å². The van der Waals surface area contributed by atoms with Gasteiger partial charge in [-0.1, -0.05) is 43.2 Å². The maximum Gasteiger partial charge on any atom is 0.0558 e. The van der Waals surface area contributed by atoms with Gasteiger partial charge in [-0.25, -0.2) is 0 Å². The number of aliphatic hydroxyl groups is 1. The summed E-state index contributed by atoms with van der Waals surface area (Å²) in [6.45, 7) is 2.64. The third kappa shape index (κ3) is 4.03. The molecular formula is C16H26N2O. The van der Waals surface area contributed by atoms with Crippen molar-refractivity contribution in [1.82, 2.24) is 4.90 Å². The minimum atomic E-state index is 0.239. The number of nitrogens with zero attached hydrogens (tertiary/aromatic N) is 1. The van der Waals surface area contributed by atoms with Gasteiger partial charge in [0.15, 0.2) is 0 Å². The van der Waals surface area contributed by atoms with Crippen LogP contribution in [0.2, 0.25) is 0 Å². The van der Waals surface area contributed by atoms with Gasteiger partial charge in [0.1, 0.15) is 0 Å². The Morgan fingerprint density at radius 3 is 2.47 bits per heavy atom. The quantitative estimate of drug-likeness (QED) is 0.790. The summed E-state index contributed by atoms with van der Waals surface area (Å²) < 4.78 is 0. The van der Waals surface area contributed by atoms with E-state index in [4.69, 9.17) is 5.73 Å². The average Bonchev–Trinajstić information content (AvgIpc) is 2.98. The summed E-state index contributed by atoms with van der Waals surface area (Å²) in [5, 5.41) is 9.28. The molecule has 0 radical (unpaired) electrons. The Morgan fingerprint density at radius 1 is 1.21 bits per heavy atom. The summed E-state index contributed by atoms with van der Waals surface area (Å²) in [6, 6.07) is 11.1. The topological polar surface area (TPSA) is 49.5 Å². The zero-order valence-electron chi connectivity index (χ0n) is 11.7. The molecule has 1 unspecified atom stereocenters. The van der Waals surface area contributed by atoms with Crippen LogP contribution in [0.4, 0.5) is 0 Å². The van der Waals surface area contributed by atoms with Gasteiger partial charge in [0.25, 0.3) is 0 Å². The lowest BCUT2D eigenvalue weighted by atomic mass is 9.98. The Labute approximate surface area is 116 Å². The molecule has 1 saturated carbocycles. The molecule has 1 aliphatic rings. The fourth-order valence-electron chi connectivity index (χ4n) is 3.15. The van der Waals surface area contributed by atoms with Crippen molar-refractivity contribution in [3.05, 3.63) is 35.9 Å². The van der Waals surface area contributed by atoms with E-state index >= 15 is 0 Å². The highest BCUT2D eigenvalue weighted by atomic mass is 16.3. The van der Waals surface area contributed by atoms with Crippen molar-refractivity contribution in [3.63, 3.8) is 0 Å². The van der Waals surface area contributed by atoms with Crippen LogP contribution in [0, 0.1) is 0 Å². The first-order valence-corrected chi connectivity index (χ1v) is 7.45. The van der Waals surface area contributed by atoms with Gasteiger partial charge in [0, 0.05) is 31.6 Å². The first-order valence-electron chi connectivity index (χ1n) is 7.45. The van der Waals surface area contributed by atoms with Gasteiger partial charge in [-0.3, -0.25) is 4.90 Å². The molecule has 0 aromatic heterocycles. The Hall–Kier alpha value is -0.900. The van der Waals surface area contributed by atoms with Gasteiger partial charge in [-0.2, -0.15) is 0 Å². The molecule has 1 atom stereocenters. The number of hydrogen-bond donors (Lipinski definition) is 2. The Bertz CT molecular complexity index is 349. The number of benzene rings is 1. The molecule has 1 aromatic rings. The van der Waals surface area contributed by atoms with Crippen molar-refractivity contribution in [3.8, 4) is 0 Å². The zero-order valence-corrected chi connectivity index (χ0v) is 11.7. The van der Waals surface area contributed by atoms with E-state index in [1.54, 1.807) is 0 Å². The van der Waals surface area contributed by atoms with Gasteiger partial charge in [-0.15, -0.1) is 0 Å². The Kier molecular flexibility index (Phi) is 5.83. The van der Waals surface area contributed by atoms with E-state index in [-0.39, 0.29) is 6.61 Å². The van der Waals surface area contributed by atoms with Gasteiger partial charge in [-0.05, 0) is 18.4 Å². The van der Waals surface area contributed by atoms with E-state index in [0.29, 0.717) is 18.5 Å². The van der Waals surface area contributed by atoms with Crippen LogP contribution in [-0.2, 0) is 0 Å². The van der Waals surface area contributed by atoms with E-state index in [9.17, 15) is 5.11 Å². The van der Waals surface area contributed by atoms with Gasteiger partial charge < -0.3 is 10.8 Å². The molecule has 0 saturated heterocycles. The standard InChI is InChI=1S/C16H26N2O/c17-12-15(14-6-2-1-3-7-14)13-18(10-11-19)16-8-4-5-9-16/h1-3,6-7,15-16,19H,4-5,8-13,17H2. The highest BCUT2D eigenvalue weighted by molar-refractivity contribution is 5.20. The number of nitrogens with two attached hydrogens (primary N) is 1. The van der Waals surface area contributed by atoms with Crippen LogP contribution >= 0.6 is 0 Å². The van der Waals surface area contributed by atoms with E-state index in [2.05, 4.69) is 29.2 Å². The predicted octanol–water partition coefficient (Wildman–Crippen LogP) is 1.97. The van der Waals surface area contributed by atoms with Crippen LogP contribution in [-0.4, -0.2) is 42.3 Å².